The summed E-state index contributed by atoms with van der Waals surface area (Å²) in [5.41, 5.74) is 0.235. The Balaban J connectivity index is 1.44. The average Bonchev–Trinajstić information content (AvgIpc) is 2.96. The van der Waals surface area contributed by atoms with Gasteiger partial charge in [-0.15, -0.1) is 11.3 Å². The third-order valence-corrected chi connectivity index (χ3v) is 7.12. The minimum atomic E-state index is -0.392. The van der Waals surface area contributed by atoms with Crippen molar-refractivity contribution in [1.82, 2.24) is 10.2 Å². The van der Waals surface area contributed by atoms with Crippen molar-refractivity contribution in [2.75, 3.05) is 20.2 Å². The number of fused-ring (bicyclic) bond motifs is 4. The predicted molar refractivity (Wildman–Crippen MR) is 91.2 cm³/mol. The van der Waals surface area contributed by atoms with Gasteiger partial charge in [0.1, 0.15) is 0 Å². The molecule has 2 unspecified atom stereocenters. The maximum absolute atomic E-state index is 13.8. The number of amides is 1. The fourth-order valence-corrected chi connectivity index (χ4v) is 5.75. The molecular weight excluding hydrogens is 327 g/mol. The molecule has 1 aliphatic carbocycles. The third kappa shape index (κ3) is 1.90. The number of halogens is 1. The Bertz CT molecular complexity index is 845. The number of hydrogen-bond donors (Lipinski definition) is 1. The van der Waals surface area contributed by atoms with Crippen molar-refractivity contribution in [2.45, 2.75) is 30.8 Å². The van der Waals surface area contributed by atoms with E-state index in [0.717, 1.165) is 11.9 Å². The minimum absolute atomic E-state index is 0.0383. The molecule has 2 aromatic rings. The number of rotatable bonds is 3. The minimum Gasteiger partial charge on any atom is -0.492 e. The molecular formula is C18H19FN2O2S. The summed E-state index contributed by atoms with van der Waals surface area (Å²) in [6.07, 6.45) is 3.57. The normalized spacial score (nSPS) is 29.3. The zero-order valence-corrected chi connectivity index (χ0v) is 14.3. The number of nitrogens with one attached hydrogen (secondary N) is 1. The molecule has 3 heterocycles. The van der Waals surface area contributed by atoms with Crippen LogP contribution in [-0.2, 0) is 0 Å². The summed E-state index contributed by atoms with van der Waals surface area (Å²) in [5.74, 6) is 0.374. The van der Waals surface area contributed by atoms with Gasteiger partial charge in [-0.25, -0.2) is 4.39 Å². The summed E-state index contributed by atoms with van der Waals surface area (Å²) in [7, 11) is 1.46. The molecule has 5 rings (SSSR count). The van der Waals surface area contributed by atoms with Gasteiger partial charge in [-0.3, -0.25) is 9.69 Å². The van der Waals surface area contributed by atoms with Crippen LogP contribution in [0, 0.1) is 11.7 Å². The van der Waals surface area contributed by atoms with E-state index in [-0.39, 0.29) is 23.2 Å². The van der Waals surface area contributed by atoms with Gasteiger partial charge in [0.15, 0.2) is 11.6 Å². The number of nitrogens with zero attached hydrogens (tertiary/aromatic N) is 1. The zero-order valence-electron chi connectivity index (χ0n) is 13.5. The molecule has 4 nitrogen and oxygen atoms in total. The second-order valence-electron chi connectivity index (χ2n) is 7.16. The number of methoxy groups -OCH3 is 1. The summed E-state index contributed by atoms with van der Waals surface area (Å²) in [6, 6.07) is 5.19. The van der Waals surface area contributed by atoms with Crippen LogP contribution in [0.5, 0.6) is 5.75 Å². The summed E-state index contributed by atoms with van der Waals surface area (Å²) >= 11 is 1.30. The molecule has 1 N–H and O–H groups in total. The molecule has 3 aliphatic rings. The molecule has 2 bridgehead atoms. The molecule has 1 aromatic heterocycles. The molecule has 6 heteroatoms. The lowest BCUT2D eigenvalue weighted by molar-refractivity contribution is 0.0896. The number of hydrogen-bond acceptors (Lipinski definition) is 4. The van der Waals surface area contributed by atoms with E-state index in [1.807, 2.05) is 6.07 Å². The van der Waals surface area contributed by atoms with Crippen molar-refractivity contribution < 1.29 is 13.9 Å². The number of piperidine rings is 1. The Labute approximate surface area is 143 Å². The first-order valence-electron chi connectivity index (χ1n) is 8.44. The lowest BCUT2D eigenvalue weighted by atomic mass is 9.92. The van der Waals surface area contributed by atoms with Crippen molar-refractivity contribution in [3.05, 3.63) is 28.9 Å². The number of carbonyl (C=O) groups is 1. The van der Waals surface area contributed by atoms with Gasteiger partial charge in [0.25, 0.3) is 5.91 Å². The van der Waals surface area contributed by atoms with Crippen LogP contribution in [0.2, 0.25) is 0 Å². The van der Waals surface area contributed by atoms with Gasteiger partial charge in [-0.05, 0) is 49.2 Å². The molecule has 1 spiro atoms. The predicted octanol–water partition coefficient (Wildman–Crippen LogP) is 3.02. The largest absolute Gasteiger partial charge is 0.492 e. The van der Waals surface area contributed by atoms with E-state index < -0.39 is 5.82 Å². The Hall–Kier alpha value is -1.66. The van der Waals surface area contributed by atoms with Gasteiger partial charge in [-0.1, -0.05) is 6.07 Å². The molecule has 0 radical (unpaired) electrons. The average molecular weight is 346 g/mol. The van der Waals surface area contributed by atoms with E-state index >= 15 is 0 Å². The first-order valence-corrected chi connectivity index (χ1v) is 9.26. The molecule has 126 valence electrons. The van der Waals surface area contributed by atoms with Gasteiger partial charge in [-0.2, -0.15) is 0 Å². The topological polar surface area (TPSA) is 41.6 Å². The van der Waals surface area contributed by atoms with Crippen molar-refractivity contribution >= 4 is 27.3 Å². The van der Waals surface area contributed by atoms with E-state index in [2.05, 4.69) is 10.2 Å². The van der Waals surface area contributed by atoms with Crippen LogP contribution in [0.15, 0.2) is 18.2 Å². The van der Waals surface area contributed by atoms with Crippen LogP contribution in [-0.4, -0.2) is 42.6 Å². The van der Waals surface area contributed by atoms with Gasteiger partial charge in [0, 0.05) is 12.1 Å². The highest BCUT2D eigenvalue weighted by Crippen LogP contribution is 2.55. The molecule has 3 fully saturated rings. The zero-order chi connectivity index (χ0) is 16.5. The van der Waals surface area contributed by atoms with Crippen LogP contribution in [0.4, 0.5) is 4.39 Å². The first-order chi connectivity index (χ1) is 11.6. The molecule has 24 heavy (non-hydrogen) atoms. The Morgan fingerprint density at radius 2 is 2.29 bits per heavy atom. The third-order valence-electron chi connectivity index (χ3n) is 5.97. The van der Waals surface area contributed by atoms with Crippen molar-refractivity contribution in [2.24, 2.45) is 5.92 Å². The lowest BCUT2D eigenvalue weighted by Crippen LogP contribution is -2.51. The standard InChI is InChI=1S/C18H19FN2O2S/c1-23-14-12(19)3-2-10-8-13(24-15(10)14)17(22)20-16-11-4-7-21(9-11)18(16)5-6-18/h2-3,8,11,16H,4-7,9H2,1H3,(H,20,22)/t11?,16-/m1/s1. The highest BCUT2D eigenvalue weighted by atomic mass is 32.1. The maximum Gasteiger partial charge on any atom is 0.261 e. The number of ether oxygens (including phenoxy) is 1. The highest BCUT2D eigenvalue weighted by Gasteiger charge is 2.63. The summed E-state index contributed by atoms with van der Waals surface area (Å²) in [4.78, 5) is 16.0. The van der Waals surface area contributed by atoms with Crippen molar-refractivity contribution in [3.63, 3.8) is 0 Å². The van der Waals surface area contributed by atoms with E-state index in [0.29, 0.717) is 15.5 Å². The van der Waals surface area contributed by atoms with Gasteiger partial charge < -0.3 is 10.1 Å². The molecule has 3 atom stereocenters. The quantitative estimate of drug-likeness (QED) is 0.929. The van der Waals surface area contributed by atoms with Gasteiger partial charge in [0.05, 0.1) is 22.7 Å². The van der Waals surface area contributed by atoms with Crippen LogP contribution in [0.25, 0.3) is 10.1 Å². The summed E-state index contributed by atoms with van der Waals surface area (Å²) in [5, 5.41) is 4.14. The number of thiophene rings is 1. The van der Waals surface area contributed by atoms with Crippen molar-refractivity contribution in [1.29, 1.82) is 0 Å². The SMILES string of the molecule is COc1c(F)ccc2cc(C(=O)N[C@@H]3C4CCN(C4)C34CC4)sc12. The summed E-state index contributed by atoms with van der Waals surface area (Å²) in [6.45, 7) is 2.30. The molecule has 1 saturated carbocycles. The fourth-order valence-electron chi connectivity index (χ4n) is 4.67. The number of carbonyl (C=O) groups excluding carboxylic acids is 1. The Morgan fingerprint density at radius 1 is 1.46 bits per heavy atom. The first kappa shape index (κ1) is 14.7. The van der Waals surface area contributed by atoms with E-state index in [9.17, 15) is 9.18 Å². The molecule has 2 aliphatic heterocycles. The summed E-state index contributed by atoms with van der Waals surface area (Å²) < 4.78 is 19.7. The monoisotopic (exact) mass is 346 g/mol. The van der Waals surface area contributed by atoms with Crippen LogP contribution < -0.4 is 10.1 Å². The second-order valence-corrected chi connectivity index (χ2v) is 8.21. The van der Waals surface area contributed by atoms with Crippen LogP contribution in [0.3, 0.4) is 0 Å². The Morgan fingerprint density at radius 3 is 3.04 bits per heavy atom. The molecule has 1 aromatic carbocycles. The van der Waals surface area contributed by atoms with Crippen molar-refractivity contribution in [3.8, 4) is 5.75 Å². The lowest BCUT2D eigenvalue weighted by Gasteiger charge is -2.33. The smallest absolute Gasteiger partial charge is 0.261 e. The molecule has 2 saturated heterocycles. The van der Waals surface area contributed by atoms with E-state index in [1.165, 1.54) is 50.3 Å². The molecule has 1 amide bonds. The van der Waals surface area contributed by atoms with E-state index in [1.54, 1.807) is 6.07 Å². The fraction of sp³-hybridized carbons (Fsp3) is 0.500. The van der Waals surface area contributed by atoms with Gasteiger partial charge >= 0.3 is 0 Å². The second kappa shape index (κ2) is 4.92. The van der Waals surface area contributed by atoms with Crippen LogP contribution >= 0.6 is 11.3 Å². The maximum atomic E-state index is 13.8. The Kier molecular flexibility index (Phi) is 3.01. The van der Waals surface area contributed by atoms with Crippen LogP contribution in [0.1, 0.15) is 28.9 Å². The van der Waals surface area contributed by atoms with E-state index in [4.69, 9.17) is 4.74 Å². The number of benzene rings is 1. The highest BCUT2D eigenvalue weighted by molar-refractivity contribution is 7.21. The van der Waals surface area contributed by atoms with Gasteiger partial charge in [0.2, 0.25) is 0 Å².